The molecule has 0 bridgehead atoms. The molecule has 0 heterocycles. The van der Waals surface area contributed by atoms with Gasteiger partial charge in [-0.05, 0) is 15.9 Å². The molecule has 8 heavy (non-hydrogen) atoms. The number of hydrogen-bond donors (Lipinski definition) is 0. The molecule has 50 valence electrons. The highest BCUT2D eigenvalue weighted by atomic mass is 79.9. The maximum absolute atomic E-state index is 11.3. The molecule has 0 aliphatic heterocycles. The van der Waals surface area contributed by atoms with Gasteiger partial charge in [-0.25, -0.2) is 0 Å². The van der Waals surface area contributed by atoms with E-state index in [1.54, 1.807) is 0 Å². The summed E-state index contributed by atoms with van der Waals surface area (Å²) in [5.41, 5.74) is 0. The van der Waals surface area contributed by atoms with E-state index in [4.69, 9.17) is 0 Å². The predicted molar refractivity (Wildman–Crippen MR) is 21.5 cm³/mol. The van der Waals surface area contributed by atoms with Gasteiger partial charge in [0.15, 0.2) is 0 Å². The number of halogens is 3. The Balaban J connectivity index is 4.26. The van der Waals surface area contributed by atoms with E-state index >= 15 is 0 Å². The summed E-state index contributed by atoms with van der Waals surface area (Å²) in [6.45, 7) is 0. The van der Waals surface area contributed by atoms with Crippen LogP contribution < -0.4 is 9.79 Å². The summed E-state index contributed by atoms with van der Waals surface area (Å²) in [6.07, 6.45) is 0. The first kappa shape index (κ1) is 8.49. The fourth-order valence-electron chi connectivity index (χ4n) is 0. The second-order valence-electron chi connectivity index (χ2n) is 0.965. The van der Waals surface area contributed by atoms with Crippen molar-refractivity contribution in [3.63, 3.8) is 0 Å². The van der Waals surface area contributed by atoms with Gasteiger partial charge in [-0.1, -0.05) is 0 Å². The summed E-state index contributed by atoms with van der Waals surface area (Å²) >= 11 is 1.38. The number of rotatable bonds is 1. The molecule has 0 saturated carbocycles. The normalized spacial score (nSPS) is 14.1. The minimum absolute atomic E-state index is 1.38. The van der Waals surface area contributed by atoms with Gasteiger partial charge in [-0.15, -0.1) is 0 Å². The van der Waals surface area contributed by atoms with Gasteiger partial charge in [-0.2, -0.15) is 8.78 Å². The van der Waals surface area contributed by atoms with Crippen LogP contribution in [0.25, 0.3) is 0 Å². The summed E-state index contributed by atoms with van der Waals surface area (Å²) in [7, 11) is -5.77. The van der Waals surface area contributed by atoms with Crippen molar-refractivity contribution >= 4 is 23.5 Å². The van der Waals surface area contributed by atoms with Crippen molar-refractivity contribution < 1.29 is 23.1 Å². The quantitative estimate of drug-likeness (QED) is 0.445. The maximum atomic E-state index is 11.3. The average Bonchev–Trinajstić information content (AvgIpc) is 1.25. The van der Waals surface area contributed by atoms with E-state index < -0.39 is 12.2 Å². The third-order valence-corrected chi connectivity index (χ3v) is 2.23. The minimum atomic E-state index is -5.77. The molecule has 3 nitrogen and oxygen atoms in total. The highest BCUT2D eigenvalue weighted by Gasteiger charge is 2.28. The van der Waals surface area contributed by atoms with Crippen LogP contribution >= 0.6 is 23.5 Å². The molecule has 7 heteroatoms. The van der Waals surface area contributed by atoms with Gasteiger partial charge >= 0.3 is 4.57 Å². The van der Waals surface area contributed by atoms with Gasteiger partial charge in [-0.3, -0.25) is 0 Å². The Bertz CT molecular complexity index is 124. The van der Waals surface area contributed by atoms with Crippen molar-refractivity contribution in [2.45, 2.75) is 4.57 Å². The first-order valence-corrected chi connectivity index (χ1v) is 3.67. The van der Waals surface area contributed by atoms with Crippen LogP contribution in [0.1, 0.15) is 0 Å². The van der Waals surface area contributed by atoms with Crippen molar-refractivity contribution in [3.8, 4) is 0 Å². The highest BCUT2D eigenvalue weighted by Crippen LogP contribution is 2.49. The van der Waals surface area contributed by atoms with E-state index in [0.717, 1.165) is 0 Å². The standard InChI is InChI=1S/CH2BrF2O3P/c2-1(3,4)8(5,6)7/h(H2,5,6,7)/p-2. The first-order valence-electron chi connectivity index (χ1n) is 1.34. The van der Waals surface area contributed by atoms with E-state index in [-0.39, 0.29) is 0 Å². The fourth-order valence-corrected chi connectivity index (χ4v) is 0. The van der Waals surface area contributed by atoms with E-state index in [0.29, 0.717) is 0 Å². The third kappa shape index (κ3) is 2.17. The molecule has 0 fully saturated rings. The van der Waals surface area contributed by atoms with Crippen molar-refractivity contribution in [1.29, 1.82) is 0 Å². The molecule has 0 N–H and O–H groups in total. The molecule has 0 aromatic carbocycles. The van der Waals surface area contributed by atoms with Crippen LogP contribution in [0.3, 0.4) is 0 Å². The Morgan fingerprint density at radius 1 is 1.50 bits per heavy atom. The Morgan fingerprint density at radius 2 is 1.62 bits per heavy atom. The van der Waals surface area contributed by atoms with Crippen molar-refractivity contribution in [3.05, 3.63) is 0 Å². The SMILES string of the molecule is O=P([O-])([O-])C(F)(F)Br. The van der Waals surface area contributed by atoms with Gasteiger partial charge < -0.3 is 14.4 Å². The van der Waals surface area contributed by atoms with Crippen molar-refractivity contribution in [1.82, 2.24) is 0 Å². The second kappa shape index (κ2) is 2.02. The number of alkyl halides is 3. The largest absolute Gasteiger partial charge is 0.806 e. The minimum Gasteiger partial charge on any atom is -0.806 e. The Morgan fingerprint density at radius 3 is 1.62 bits per heavy atom. The molecule has 0 aromatic heterocycles. The molecule has 0 unspecified atom stereocenters. The second-order valence-corrected chi connectivity index (χ2v) is 4.13. The maximum Gasteiger partial charge on any atom is 0.324 e. The van der Waals surface area contributed by atoms with Gasteiger partial charge in [0, 0.05) is 7.60 Å². The summed E-state index contributed by atoms with van der Waals surface area (Å²) in [5, 5.41) is 0. The van der Waals surface area contributed by atoms with E-state index in [1.807, 2.05) is 0 Å². The lowest BCUT2D eigenvalue weighted by molar-refractivity contribution is -0.326. The van der Waals surface area contributed by atoms with Gasteiger partial charge in [0.1, 0.15) is 0 Å². The van der Waals surface area contributed by atoms with Gasteiger partial charge in [0.25, 0.3) is 0 Å². The van der Waals surface area contributed by atoms with Crippen LogP contribution in [0.5, 0.6) is 0 Å². The van der Waals surface area contributed by atoms with E-state index in [1.165, 1.54) is 15.9 Å². The van der Waals surface area contributed by atoms with E-state index in [9.17, 15) is 23.1 Å². The molecule has 0 radical (unpaired) electrons. The lowest BCUT2D eigenvalue weighted by Gasteiger charge is -2.33. The van der Waals surface area contributed by atoms with Crippen LogP contribution in [0.4, 0.5) is 8.78 Å². The first-order chi connectivity index (χ1) is 3.25. The molecule has 0 amide bonds. The van der Waals surface area contributed by atoms with Gasteiger partial charge in [0.05, 0.1) is 0 Å². The topological polar surface area (TPSA) is 63.2 Å². The average molecular weight is 209 g/mol. The number of hydrogen-bond acceptors (Lipinski definition) is 3. The van der Waals surface area contributed by atoms with Crippen LogP contribution in [0.15, 0.2) is 0 Å². The highest BCUT2D eigenvalue weighted by molar-refractivity contribution is 9.11. The smallest absolute Gasteiger partial charge is 0.324 e. The predicted octanol–water partition coefficient (Wildman–Crippen LogP) is -0.155. The molecule has 0 aromatic rings. The molecular weight excluding hydrogens is 209 g/mol. The monoisotopic (exact) mass is 208 g/mol. The molecule has 0 atom stereocenters. The lowest BCUT2D eigenvalue weighted by Crippen LogP contribution is -2.26. The molecule has 0 spiro atoms. The Labute approximate surface area is 52.0 Å². The third-order valence-electron chi connectivity index (χ3n) is 0.311. The molecular formula is CBrF2O3P-2. The zero-order valence-corrected chi connectivity index (χ0v) is 5.79. The summed E-state index contributed by atoms with van der Waals surface area (Å²) in [6, 6.07) is 0. The Kier molecular flexibility index (Phi) is 2.15. The molecule has 0 saturated heterocycles. The van der Waals surface area contributed by atoms with Crippen molar-refractivity contribution in [2.75, 3.05) is 0 Å². The van der Waals surface area contributed by atoms with E-state index in [2.05, 4.69) is 0 Å². The zero-order chi connectivity index (χ0) is 7.00. The van der Waals surface area contributed by atoms with Crippen LogP contribution in [-0.4, -0.2) is 4.57 Å². The molecule has 0 rings (SSSR count). The van der Waals surface area contributed by atoms with Crippen LogP contribution in [0.2, 0.25) is 0 Å². The molecule has 0 aliphatic rings. The zero-order valence-electron chi connectivity index (χ0n) is 3.31. The summed E-state index contributed by atoms with van der Waals surface area (Å²) in [5.74, 6) is 0. The summed E-state index contributed by atoms with van der Waals surface area (Å²) < 4.78 is 27.5. The molecule has 0 aliphatic carbocycles. The van der Waals surface area contributed by atoms with Crippen molar-refractivity contribution in [2.24, 2.45) is 0 Å². The summed E-state index contributed by atoms with van der Waals surface area (Å²) in [4.78, 5) is 18.7. The fraction of sp³-hybridized carbons (Fsp3) is 1.00. The van der Waals surface area contributed by atoms with Crippen LogP contribution in [-0.2, 0) is 4.57 Å². The Hall–Kier alpha value is 0.490. The lowest BCUT2D eigenvalue weighted by atomic mass is 11.7. The van der Waals surface area contributed by atoms with Gasteiger partial charge in [0.2, 0.25) is 0 Å². The van der Waals surface area contributed by atoms with Crippen LogP contribution in [0, 0.1) is 0 Å².